The fraction of sp³-hybridized carbons (Fsp3) is 0.167. The van der Waals surface area contributed by atoms with Crippen LogP contribution in [0, 0.1) is 11.6 Å². The van der Waals surface area contributed by atoms with E-state index < -0.39 is 29.5 Å². The number of ether oxygens (including phenoxy) is 1. The highest BCUT2D eigenvalue weighted by molar-refractivity contribution is 5.73. The van der Waals surface area contributed by atoms with Gasteiger partial charge in [0.15, 0.2) is 0 Å². The maximum Gasteiger partial charge on any atom is 0.490 e. The molecule has 0 saturated carbocycles. The van der Waals surface area contributed by atoms with Gasteiger partial charge in [-0.05, 0) is 30.3 Å². The van der Waals surface area contributed by atoms with E-state index >= 15 is 0 Å². The lowest BCUT2D eigenvalue weighted by atomic mass is 10.2. The Hall–Kier alpha value is -3.90. The molecule has 0 fully saturated rings. The SMILES string of the molecule is COc1nn(-c2cccc(NCc3c(F)cccc3F)c2)c(=O)o1.O=C(O)C(F)(F)F. The number of nitrogens with zero attached hydrogens (tertiary/aromatic N) is 2. The van der Waals surface area contributed by atoms with E-state index in [9.17, 15) is 26.7 Å². The first kappa shape index (κ1) is 23.4. The van der Waals surface area contributed by atoms with Crippen LogP contribution >= 0.6 is 0 Å². The molecule has 2 aromatic carbocycles. The van der Waals surface area contributed by atoms with Crippen LogP contribution in [0.5, 0.6) is 6.08 Å². The fourth-order valence-corrected chi connectivity index (χ4v) is 2.15. The standard InChI is InChI=1S/C16H13F2N3O3.C2HF3O2/c1-23-15-20-21(16(22)24-15)11-5-2-4-10(8-11)19-9-12-13(17)6-3-7-14(12)18;3-2(4,5)1(6)7/h2-8,19H,9H2,1H3;(H,6,7). The van der Waals surface area contributed by atoms with Crippen LogP contribution < -0.4 is 15.8 Å². The summed E-state index contributed by atoms with van der Waals surface area (Å²) in [7, 11) is 1.33. The molecule has 13 heteroatoms. The smallest absolute Gasteiger partial charge is 0.475 e. The van der Waals surface area contributed by atoms with Gasteiger partial charge in [0.1, 0.15) is 11.6 Å². The predicted molar refractivity (Wildman–Crippen MR) is 96.0 cm³/mol. The Balaban J connectivity index is 0.000000423. The number of aromatic nitrogens is 2. The van der Waals surface area contributed by atoms with Gasteiger partial charge in [0.05, 0.1) is 12.8 Å². The Morgan fingerprint density at radius 3 is 2.29 bits per heavy atom. The molecule has 0 radical (unpaired) electrons. The van der Waals surface area contributed by atoms with Crippen LogP contribution in [0.4, 0.5) is 27.6 Å². The van der Waals surface area contributed by atoms with Crippen molar-refractivity contribution < 1.29 is 41.0 Å². The van der Waals surface area contributed by atoms with E-state index in [1.807, 2.05) is 0 Å². The maximum absolute atomic E-state index is 13.6. The highest BCUT2D eigenvalue weighted by Gasteiger charge is 2.38. The molecule has 0 atom stereocenters. The van der Waals surface area contributed by atoms with Crippen molar-refractivity contribution in [3.05, 3.63) is 70.2 Å². The second-order valence-electron chi connectivity index (χ2n) is 5.66. The van der Waals surface area contributed by atoms with Gasteiger partial charge in [0, 0.05) is 17.8 Å². The van der Waals surface area contributed by atoms with Gasteiger partial charge in [0.2, 0.25) is 0 Å². The van der Waals surface area contributed by atoms with E-state index in [2.05, 4.69) is 10.4 Å². The van der Waals surface area contributed by atoms with Crippen molar-refractivity contribution in [2.45, 2.75) is 12.7 Å². The van der Waals surface area contributed by atoms with E-state index in [0.717, 1.165) is 4.68 Å². The van der Waals surface area contributed by atoms with Crippen LogP contribution in [0.2, 0.25) is 0 Å². The van der Waals surface area contributed by atoms with Crippen molar-refractivity contribution in [3.8, 4) is 11.8 Å². The van der Waals surface area contributed by atoms with Gasteiger partial charge in [-0.3, -0.25) is 0 Å². The maximum atomic E-state index is 13.6. The zero-order chi connectivity index (χ0) is 23.2. The molecule has 2 N–H and O–H groups in total. The van der Waals surface area contributed by atoms with Crippen molar-refractivity contribution >= 4 is 11.7 Å². The van der Waals surface area contributed by atoms with Crippen molar-refractivity contribution in [2.75, 3.05) is 12.4 Å². The Bertz CT molecular complexity index is 1090. The van der Waals surface area contributed by atoms with E-state index in [-0.39, 0.29) is 18.2 Å². The monoisotopic (exact) mass is 447 g/mol. The molecule has 1 heterocycles. The molecular weight excluding hydrogens is 433 g/mol. The average Bonchev–Trinajstić information content (AvgIpc) is 3.08. The topological polar surface area (TPSA) is 107 Å². The summed E-state index contributed by atoms with van der Waals surface area (Å²) in [5.41, 5.74) is 0.915. The fourth-order valence-electron chi connectivity index (χ4n) is 2.15. The van der Waals surface area contributed by atoms with E-state index in [1.54, 1.807) is 24.3 Å². The second kappa shape index (κ2) is 9.73. The molecule has 0 aliphatic rings. The molecule has 1 aromatic heterocycles. The first-order valence-electron chi connectivity index (χ1n) is 8.24. The van der Waals surface area contributed by atoms with Gasteiger partial charge in [-0.15, -0.1) is 0 Å². The molecule has 0 amide bonds. The summed E-state index contributed by atoms with van der Waals surface area (Å²) in [5, 5.41) is 13.9. The molecule has 0 aliphatic heterocycles. The van der Waals surface area contributed by atoms with E-state index in [1.165, 1.54) is 25.3 Å². The highest BCUT2D eigenvalue weighted by Crippen LogP contribution is 2.18. The zero-order valence-electron chi connectivity index (χ0n) is 15.6. The summed E-state index contributed by atoms with van der Waals surface area (Å²) in [6.07, 6.45) is -5.24. The number of benzene rings is 2. The minimum Gasteiger partial charge on any atom is -0.475 e. The molecule has 8 nitrogen and oxygen atoms in total. The van der Waals surface area contributed by atoms with Gasteiger partial charge in [-0.25, -0.2) is 18.4 Å². The lowest BCUT2D eigenvalue weighted by molar-refractivity contribution is -0.192. The van der Waals surface area contributed by atoms with Crippen molar-refractivity contribution in [1.82, 2.24) is 9.78 Å². The van der Waals surface area contributed by atoms with Gasteiger partial charge >= 0.3 is 24.0 Å². The van der Waals surface area contributed by atoms with E-state index in [0.29, 0.717) is 11.4 Å². The van der Waals surface area contributed by atoms with Crippen molar-refractivity contribution in [2.24, 2.45) is 0 Å². The average molecular weight is 447 g/mol. The molecule has 0 aliphatic carbocycles. The number of hydrogen-bond donors (Lipinski definition) is 2. The van der Waals surface area contributed by atoms with Crippen LogP contribution in [0.3, 0.4) is 0 Å². The third kappa shape index (κ3) is 6.29. The molecule has 0 saturated heterocycles. The number of carboxylic acid groups (broad SMARTS) is 1. The number of aliphatic carboxylic acids is 1. The molecule has 166 valence electrons. The normalized spacial score (nSPS) is 10.8. The highest BCUT2D eigenvalue weighted by atomic mass is 19.4. The summed E-state index contributed by atoms with van der Waals surface area (Å²) >= 11 is 0. The third-order valence-corrected chi connectivity index (χ3v) is 3.57. The van der Waals surface area contributed by atoms with Crippen LogP contribution in [0.25, 0.3) is 5.69 Å². The second-order valence-corrected chi connectivity index (χ2v) is 5.66. The summed E-state index contributed by atoms with van der Waals surface area (Å²) in [6.45, 7) is -0.0427. The quantitative estimate of drug-likeness (QED) is 0.578. The minimum absolute atomic E-state index is 0.0427. The Morgan fingerprint density at radius 1 is 1.19 bits per heavy atom. The first-order valence-corrected chi connectivity index (χ1v) is 8.24. The molecule has 0 bridgehead atoms. The number of hydrogen-bond acceptors (Lipinski definition) is 6. The number of methoxy groups -OCH3 is 1. The Labute approximate surface area is 170 Å². The molecule has 0 unspecified atom stereocenters. The van der Waals surface area contributed by atoms with Crippen LogP contribution in [0.15, 0.2) is 51.7 Å². The van der Waals surface area contributed by atoms with Gasteiger partial charge in [-0.2, -0.15) is 17.9 Å². The lowest BCUT2D eigenvalue weighted by Crippen LogP contribution is -2.21. The van der Waals surface area contributed by atoms with Gasteiger partial charge in [-0.1, -0.05) is 17.2 Å². The molecule has 3 rings (SSSR count). The largest absolute Gasteiger partial charge is 0.490 e. The summed E-state index contributed by atoms with van der Waals surface area (Å²) < 4.78 is 69.6. The van der Waals surface area contributed by atoms with Crippen molar-refractivity contribution in [1.29, 1.82) is 0 Å². The minimum atomic E-state index is -5.08. The first-order chi connectivity index (χ1) is 14.5. The summed E-state index contributed by atoms with van der Waals surface area (Å²) in [4.78, 5) is 20.6. The number of nitrogens with one attached hydrogen (secondary N) is 1. The number of halogens is 5. The summed E-state index contributed by atoms with van der Waals surface area (Å²) in [5.74, 6) is -4.72. The molecule has 31 heavy (non-hydrogen) atoms. The molecular formula is C18H14F5N3O5. The number of alkyl halides is 3. The van der Waals surface area contributed by atoms with Crippen LogP contribution in [-0.2, 0) is 11.3 Å². The van der Waals surface area contributed by atoms with Crippen molar-refractivity contribution in [3.63, 3.8) is 0 Å². The van der Waals surface area contributed by atoms with Gasteiger partial charge in [0.25, 0.3) is 0 Å². The predicted octanol–water partition coefficient (Wildman–Crippen LogP) is 3.36. The number of carboxylic acids is 1. The molecule has 0 spiro atoms. The number of carbonyl (C=O) groups is 1. The van der Waals surface area contributed by atoms with Crippen LogP contribution in [-0.4, -0.2) is 34.1 Å². The summed E-state index contributed by atoms with van der Waals surface area (Å²) in [6, 6.07) is 10.3. The number of rotatable bonds is 5. The third-order valence-electron chi connectivity index (χ3n) is 3.57. The zero-order valence-corrected chi connectivity index (χ0v) is 15.6. The Morgan fingerprint density at radius 2 is 1.77 bits per heavy atom. The Kier molecular flexibility index (Phi) is 7.34. The number of anilines is 1. The lowest BCUT2D eigenvalue weighted by Gasteiger charge is -2.09. The molecule has 3 aromatic rings. The van der Waals surface area contributed by atoms with E-state index in [4.69, 9.17) is 19.1 Å². The van der Waals surface area contributed by atoms with Gasteiger partial charge < -0.3 is 19.6 Å². The van der Waals surface area contributed by atoms with Crippen LogP contribution in [0.1, 0.15) is 5.56 Å².